The minimum absolute atomic E-state index is 0.117. The summed E-state index contributed by atoms with van der Waals surface area (Å²) in [5.41, 5.74) is 1.55. The van der Waals surface area contributed by atoms with Gasteiger partial charge in [0.15, 0.2) is 29.0 Å². The Balaban J connectivity index is 1.70. The molecule has 44 heavy (non-hydrogen) atoms. The van der Waals surface area contributed by atoms with E-state index in [2.05, 4.69) is 10.1 Å². The first-order chi connectivity index (χ1) is 20.6. The number of carbonyl (C=O) groups excluding carboxylic acids is 1. The lowest BCUT2D eigenvalue weighted by Crippen LogP contribution is -2.32. The van der Waals surface area contributed by atoms with Crippen LogP contribution in [0.15, 0.2) is 42.5 Å². The number of rotatable bonds is 8. The maximum Gasteiger partial charge on any atom is 0.337 e. The van der Waals surface area contributed by atoms with Crippen LogP contribution in [0, 0.1) is 19.7 Å². The number of amides is 1. The number of hydrogen-bond donors (Lipinski definition) is 2. The minimum atomic E-state index is -4.10. The molecule has 1 atom stereocenters. The molecule has 0 unspecified atom stereocenters. The van der Waals surface area contributed by atoms with Crippen LogP contribution in [0.1, 0.15) is 71.7 Å². The Morgan fingerprint density at radius 1 is 1.18 bits per heavy atom. The fraction of sp³-hybridized carbons (Fsp3) is 0.355. The summed E-state index contributed by atoms with van der Waals surface area (Å²) in [7, 11) is -4.10. The molecule has 13 heteroatoms. The third kappa shape index (κ3) is 6.29. The molecule has 0 radical (unpaired) electrons. The van der Waals surface area contributed by atoms with Crippen molar-refractivity contribution in [1.29, 1.82) is 0 Å². The number of nitrogens with one attached hydrogen (secondary N) is 1. The Bertz CT molecular complexity index is 1880. The number of aliphatic carboxylic acids is 1. The molecular formula is C31H33FN4O7S. The topological polar surface area (TPSA) is 149 Å². The number of ether oxygens (including phenoxy) is 2. The summed E-state index contributed by atoms with van der Waals surface area (Å²) in [5, 5.41) is 14.7. The molecule has 11 nitrogen and oxygen atoms in total. The number of carboxylic acids is 1. The highest BCUT2D eigenvalue weighted by molar-refractivity contribution is 7.89. The van der Waals surface area contributed by atoms with Gasteiger partial charge in [0.25, 0.3) is 5.91 Å². The van der Waals surface area contributed by atoms with Gasteiger partial charge in [-0.25, -0.2) is 31.8 Å². The molecule has 1 amide bonds. The second-order valence-electron chi connectivity index (χ2n) is 11.7. The van der Waals surface area contributed by atoms with Gasteiger partial charge in [-0.1, -0.05) is 30.3 Å². The van der Waals surface area contributed by atoms with Crippen LogP contribution < -0.4 is 9.46 Å². The van der Waals surface area contributed by atoms with Gasteiger partial charge in [-0.3, -0.25) is 4.79 Å². The molecule has 0 saturated heterocycles. The SMILES string of the molecule is Cc1nc2cc(C(=O)NS(=O)(=O)Cc3ccccc3)nn2c(-c2cc(F)c3c(c2C)CCCO3)c1[C@H](OC(C)(C)C)C(=O)O. The van der Waals surface area contributed by atoms with Crippen LogP contribution in [0.5, 0.6) is 5.75 Å². The van der Waals surface area contributed by atoms with Crippen LogP contribution in [-0.4, -0.2) is 52.2 Å². The summed E-state index contributed by atoms with van der Waals surface area (Å²) in [6, 6.07) is 10.9. The summed E-state index contributed by atoms with van der Waals surface area (Å²) >= 11 is 0. The van der Waals surface area contributed by atoms with E-state index < -0.39 is 45.2 Å². The lowest BCUT2D eigenvalue weighted by molar-refractivity contribution is -0.160. The quantitative estimate of drug-likeness (QED) is 0.285. The second-order valence-corrected chi connectivity index (χ2v) is 13.4. The summed E-state index contributed by atoms with van der Waals surface area (Å²) in [6.45, 7) is 8.86. The highest BCUT2D eigenvalue weighted by atomic mass is 32.2. The lowest BCUT2D eigenvalue weighted by Gasteiger charge is -2.28. The number of aryl methyl sites for hydroxylation is 1. The normalized spacial score (nSPS) is 14.1. The number of fused-ring (bicyclic) bond motifs is 2. The number of benzene rings is 2. The Hall–Kier alpha value is -4.36. The summed E-state index contributed by atoms with van der Waals surface area (Å²) in [6.07, 6.45) is -0.325. The Morgan fingerprint density at radius 3 is 2.55 bits per heavy atom. The molecule has 0 bridgehead atoms. The molecule has 0 fully saturated rings. The molecule has 2 aromatic heterocycles. The highest BCUT2D eigenvalue weighted by Gasteiger charge is 2.35. The number of sulfonamides is 1. The molecule has 3 heterocycles. The van der Waals surface area contributed by atoms with Gasteiger partial charge in [-0.2, -0.15) is 5.10 Å². The van der Waals surface area contributed by atoms with E-state index in [1.807, 2.05) is 4.72 Å². The Labute approximate surface area is 254 Å². The first-order valence-corrected chi connectivity index (χ1v) is 15.6. The van der Waals surface area contributed by atoms with E-state index in [0.29, 0.717) is 41.7 Å². The zero-order valence-electron chi connectivity index (χ0n) is 25.0. The third-order valence-corrected chi connectivity index (χ3v) is 8.37. The number of hydrogen-bond acceptors (Lipinski definition) is 8. The minimum Gasteiger partial charge on any atom is -0.490 e. The van der Waals surface area contributed by atoms with Crippen LogP contribution in [0.4, 0.5) is 4.39 Å². The van der Waals surface area contributed by atoms with Crippen molar-refractivity contribution < 1.29 is 37.0 Å². The zero-order chi connectivity index (χ0) is 32.0. The van der Waals surface area contributed by atoms with E-state index in [-0.39, 0.29) is 34.0 Å². The largest absolute Gasteiger partial charge is 0.490 e. The molecular weight excluding hydrogens is 591 g/mol. The van der Waals surface area contributed by atoms with Crippen molar-refractivity contribution in [2.45, 2.75) is 64.9 Å². The van der Waals surface area contributed by atoms with Gasteiger partial charge < -0.3 is 14.6 Å². The fourth-order valence-corrected chi connectivity index (χ4v) is 6.42. The Morgan fingerprint density at radius 2 is 1.89 bits per heavy atom. The predicted molar refractivity (Wildman–Crippen MR) is 159 cm³/mol. The molecule has 5 rings (SSSR count). The van der Waals surface area contributed by atoms with E-state index in [9.17, 15) is 23.1 Å². The zero-order valence-corrected chi connectivity index (χ0v) is 25.8. The van der Waals surface area contributed by atoms with E-state index in [0.717, 1.165) is 0 Å². The number of nitrogens with zero attached hydrogens (tertiary/aromatic N) is 3. The summed E-state index contributed by atoms with van der Waals surface area (Å²) in [4.78, 5) is 30.3. The van der Waals surface area contributed by atoms with E-state index >= 15 is 4.39 Å². The maximum absolute atomic E-state index is 15.5. The van der Waals surface area contributed by atoms with Crippen molar-refractivity contribution in [1.82, 2.24) is 19.3 Å². The van der Waals surface area contributed by atoms with Crippen molar-refractivity contribution in [2.75, 3.05) is 6.61 Å². The molecule has 4 aromatic rings. The molecule has 1 aliphatic rings. The lowest BCUT2D eigenvalue weighted by atomic mass is 9.91. The van der Waals surface area contributed by atoms with E-state index in [1.165, 1.54) is 16.6 Å². The van der Waals surface area contributed by atoms with Crippen molar-refractivity contribution in [2.24, 2.45) is 0 Å². The molecule has 1 aliphatic heterocycles. The predicted octanol–water partition coefficient (Wildman–Crippen LogP) is 4.68. The van der Waals surface area contributed by atoms with E-state index in [4.69, 9.17) is 9.47 Å². The molecule has 2 N–H and O–H groups in total. The standard InChI is InChI=1S/C31H33FN4O7S/c1-17-20-12-9-13-42-27(20)22(32)14-21(17)26-25(28(30(38)39)43-31(3,4)5)18(2)33-24-15-23(34-36(24)26)29(37)35-44(40,41)16-19-10-7-6-8-11-19/h6-8,10-11,14-15,28H,9,12-13,16H2,1-5H3,(H,35,37)(H,38,39)/t28-/m0/s1. The Kier molecular flexibility index (Phi) is 8.21. The number of carboxylic acid groups (broad SMARTS) is 1. The number of halogens is 1. The second kappa shape index (κ2) is 11.6. The van der Waals surface area contributed by atoms with Gasteiger partial charge in [0.05, 0.1) is 23.7 Å². The summed E-state index contributed by atoms with van der Waals surface area (Å²) < 4.78 is 56.0. The first-order valence-electron chi connectivity index (χ1n) is 14.0. The smallest absolute Gasteiger partial charge is 0.337 e. The van der Waals surface area contributed by atoms with Crippen LogP contribution >= 0.6 is 0 Å². The van der Waals surface area contributed by atoms with Gasteiger partial charge >= 0.3 is 5.97 Å². The molecule has 0 aliphatic carbocycles. The van der Waals surface area contributed by atoms with E-state index in [1.54, 1.807) is 65.0 Å². The average Bonchev–Trinajstić information content (AvgIpc) is 3.36. The molecule has 0 saturated carbocycles. The molecule has 0 spiro atoms. The first kappa shape index (κ1) is 31.1. The van der Waals surface area contributed by atoms with Gasteiger partial charge in [-0.05, 0) is 64.7 Å². The van der Waals surface area contributed by atoms with Gasteiger partial charge in [0, 0.05) is 28.5 Å². The van der Waals surface area contributed by atoms with Crippen LogP contribution in [-0.2, 0) is 31.7 Å². The third-order valence-electron chi connectivity index (χ3n) is 7.16. The number of aromatic nitrogens is 3. The van der Waals surface area contributed by atoms with Gasteiger partial charge in [0.2, 0.25) is 10.0 Å². The molecule has 232 valence electrons. The maximum atomic E-state index is 15.5. The van der Waals surface area contributed by atoms with Crippen LogP contribution in [0.3, 0.4) is 0 Å². The van der Waals surface area contributed by atoms with Gasteiger partial charge in [0.1, 0.15) is 0 Å². The van der Waals surface area contributed by atoms with Gasteiger partial charge in [-0.15, -0.1) is 0 Å². The van der Waals surface area contributed by atoms with Crippen LogP contribution in [0.25, 0.3) is 16.9 Å². The van der Waals surface area contributed by atoms with Crippen molar-refractivity contribution >= 4 is 27.5 Å². The van der Waals surface area contributed by atoms with Crippen LogP contribution in [0.2, 0.25) is 0 Å². The highest BCUT2D eigenvalue weighted by Crippen LogP contribution is 2.41. The fourth-order valence-electron chi connectivity index (χ4n) is 5.33. The average molecular weight is 625 g/mol. The monoisotopic (exact) mass is 624 g/mol. The van der Waals surface area contributed by atoms with Crippen molar-refractivity contribution in [3.05, 3.63) is 81.9 Å². The summed E-state index contributed by atoms with van der Waals surface area (Å²) in [5.74, 6) is -3.22. The number of carbonyl (C=O) groups is 2. The molecule has 2 aromatic carbocycles. The van der Waals surface area contributed by atoms with Crippen molar-refractivity contribution in [3.63, 3.8) is 0 Å². The van der Waals surface area contributed by atoms with Crippen molar-refractivity contribution in [3.8, 4) is 17.0 Å².